The number of hydrogen-bond acceptors (Lipinski definition) is 4. The van der Waals surface area contributed by atoms with E-state index in [-0.39, 0.29) is 6.29 Å². The minimum atomic E-state index is -0.235. The standard InChI is InChI=1S/C9H19NO3.C4H10/c1-11-9(12-2)7-13-6-8-4-3-5-10-8;1-4(2)3/h8-10H,3-7H2,1-2H3;4H,1-3H3. The van der Waals surface area contributed by atoms with E-state index in [1.807, 2.05) is 0 Å². The summed E-state index contributed by atoms with van der Waals surface area (Å²) in [6.07, 6.45) is 2.23. The summed E-state index contributed by atoms with van der Waals surface area (Å²) in [5.41, 5.74) is 0. The van der Waals surface area contributed by atoms with Crippen molar-refractivity contribution in [1.29, 1.82) is 0 Å². The molecule has 17 heavy (non-hydrogen) atoms. The van der Waals surface area contributed by atoms with Gasteiger partial charge in [0, 0.05) is 20.3 Å². The summed E-state index contributed by atoms with van der Waals surface area (Å²) in [4.78, 5) is 0. The summed E-state index contributed by atoms with van der Waals surface area (Å²) in [6.45, 7) is 8.88. The maximum absolute atomic E-state index is 5.45. The highest BCUT2D eigenvalue weighted by Crippen LogP contribution is 2.05. The molecule has 0 aromatic heterocycles. The third-order valence-corrected chi connectivity index (χ3v) is 2.26. The highest BCUT2D eigenvalue weighted by Gasteiger charge is 2.14. The van der Waals surface area contributed by atoms with Crippen molar-refractivity contribution in [3.8, 4) is 0 Å². The summed E-state index contributed by atoms with van der Waals surface area (Å²) >= 11 is 0. The Morgan fingerprint density at radius 3 is 2.18 bits per heavy atom. The van der Waals surface area contributed by atoms with E-state index >= 15 is 0 Å². The van der Waals surface area contributed by atoms with Crippen LogP contribution in [0.15, 0.2) is 0 Å². The van der Waals surface area contributed by atoms with E-state index in [9.17, 15) is 0 Å². The van der Waals surface area contributed by atoms with Gasteiger partial charge in [-0.15, -0.1) is 0 Å². The highest BCUT2D eigenvalue weighted by molar-refractivity contribution is 4.73. The van der Waals surface area contributed by atoms with Crippen LogP contribution >= 0.6 is 0 Å². The predicted molar refractivity (Wildman–Crippen MR) is 70.2 cm³/mol. The van der Waals surface area contributed by atoms with E-state index in [4.69, 9.17) is 14.2 Å². The first-order chi connectivity index (χ1) is 8.10. The van der Waals surface area contributed by atoms with E-state index in [1.165, 1.54) is 12.8 Å². The second kappa shape index (κ2) is 11.0. The van der Waals surface area contributed by atoms with Gasteiger partial charge in [-0.05, 0) is 25.3 Å². The Bertz CT molecular complexity index is 150. The van der Waals surface area contributed by atoms with Gasteiger partial charge in [0.25, 0.3) is 0 Å². The molecule has 0 radical (unpaired) electrons. The van der Waals surface area contributed by atoms with Crippen molar-refractivity contribution in [2.75, 3.05) is 34.0 Å². The Balaban J connectivity index is 0.000000557. The Labute approximate surface area is 106 Å². The van der Waals surface area contributed by atoms with Gasteiger partial charge in [-0.25, -0.2) is 0 Å². The van der Waals surface area contributed by atoms with E-state index in [1.54, 1.807) is 14.2 Å². The highest BCUT2D eigenvalue weighted by atomic mass is 16.7. The van der Waals surface area contributed by atoms with Gasteiger partial charge in [0.2, 0.25) is 0 Å². The fraction of sp³-hybridized carbons (Fsp3) is 1.00. The van der Waals surface area contributed by atoms with Crippen LogP contribution in [0.5, 0.6) is 0 Å². The van der Waals surface area contributed by atoms with Crippen LogP contribution in [0.2, 0.25) is 0 Å². The molecule has 0 bridgehead atoms. The Kier molecular flexibility index (Phi) is 10.9. The van der Waals surface area contributed by atoms with Crippen LogP contribution in [-0.2, 0) is 14.2 Å². The third kappa shape index (κ3) is 10.7. The lowest BCUT2D eigenvalue weighted by molar-refractivity contribution is -0.141. The Morgan fingerprint density at radius 2 is 1.76 bits per heavy atom. The van der Waals surface area contributed by atoms with Gasteiger partial charge in [-0.2, -0.15) is 0 Å². The van der Waals surface area contributed by atoms with Gasteiger partial charge in [-0.1, -0.05) is 20.8 Å². The predicted octanol–water partition coefficient (Wildman–Crippen LogP) is 2.04. The van der Waals surface area contributed by atoms with E-state index < -0.39 is 0 Å². The fourth-order valence-corrected chi connectivity index (χ4v) is 1.44. The molecule has 1 saturated heterocycles. The van der Waals surface area contributed by atoms with Gasteiger partial charge < -0.3 is 19.5 Å². The van der Waals surface area contributed by atoms with Crippen LogP contribution in [-0.4, -0.2) is 46.3 Å². The average molecular weight is 247 g/mol. The Morgan fingerprint density at radius 1 is 1.18 bits per heavy atom. The van der Waals surface area contributed by atoms with Crippen molar-refractivity contribution in [3.05, 3.63) is 0 Å². The molecule has 4 heteroatoms. The lowest BCUT2D eigenvalue weighted by atomic mass is 10.2. The molecular formula is C13H29NO3. The molecule has 1 fully saturated rings. The second-order valence-electron chi connectivity index (χ2n) is 4.96. The van der Waals surface area contributed by atoms with Gasteiger partial charge in [0.1, 0.15) is 0 Å². The molecule has 0 aliphatic carbocycles. The molecule has 1 heterocycles. The SMILES string of the molecule is CC(C)C.COC(COCC1CCCN1)OC. The summed E-state index contributed by atoms with van der Waals surface area (Å²) in [6, 6.07) is 0.523. The van der Waals surface area contributed by atoms with Crippen LogP contribution in [0.25, 0.3) is 0 Å². The van der Waals surface area contributed by atoms with Gasteiger partial charge in [-0.3, -0.25) is 0 Å². The quantitative estimate of drug-likeness (QED) is 0.729. The number of methoxy groups -OCH3 is 2. The molecule has 0 saturated carbocycles. The fourth-order valence-electron chi connectivity index (χ4n) is 1.44. The zero-order chi connectivity index (χ0) is 13.1. The van der Waals surface area contributed by atoms with Crippen molar-refractivity contribution >= 4 is 0 Å². The first kappa shape index (κ1) is 16.8. The molecular weight excluding hydrogens is 218 g/mol. The molecule has 1 aliphatic rings. The third-order valence-electron chi connectivity index (χ3n) is 2.26. The van der Waals surface area contributed by atoms with Crippen LogP contribution in [0.1, 0.15) is 33.6 Å². The first-order valence-electron chi connectivity index (χ1n) is 6.46. The molecule has 0 spiro atoms. The van der Waals surface area contributed by atoms with Gasteiger partial charge in [0.15, 0.2) is 6.29 Å². The molecule has 0 aromatic rings. The summed E-state index contributed by atoms with van der Waals surface area (Å²) in [5, 5.41) is 3.36. The summed E-state index contributed by atoms with van der Waals surface area (Å²) in [5.74, 6) is 0.833. The maximum atomic E-state index is 5.45. The lowest BCUT2D eigenvalue weighted by Crippen LogP contribution is -2.29. The molecule has 1 aliphatic heterocycles. The van der Waals surface area contributed by atoms with Crippen molar-refractivity contribution in [1.82, 2.24) is 5.32 Å². The molecule has 0 amide bonds. The molecule has 1 N–H and O–H groups in total. The van der Waals surface area contributed by atoms with Crippen LogP contribution < -0.4 is 5.32 Å². The number of ether oxygens (including phenoxy) is 3. The molecule has 1 rings (SSSR count). The zero-order valence-corrected chi connectivity index (χ0v) is 12.0. The topological polar surface area (TPSA) is 39.7 Å². The van der Waals surface area contributed by atoms with Gasteiger partial charge >= 0.3 is 0 Å². The molecule has 4 nitrogen and oxygen atoms in total. The van der Waals surface area contributed by atoms with Crippen molar-refractivity contribution in [2.45, 2.75) is 45.9 Å². The molecule has 1 unspecified atom stereocenters. The minimum Gasteiger partial charge on any atom is -0.375 e. The average Bonchev–Trinajstić information content (AvgIpc) is 2.76. The summed E-state index contributed by atoms with van der Waals surface area (Å²) in [7, 11) is 3.23. The Hall–Kier alpha value is -0.160. The molecule has 1 atom stereocenters. The minimum absolute atomic E-state index is 0.235. The number of rotatable bonds is 6. The van der Waals surface area contributed by atoms with Gasteiger partial charge in [0.05, 0.1) is 13.2 Å². The van der Waals surface area contributed by atoms with Crippen molar-refractivity contribution in [2.24, 2.45) is 5.92 Å². The monoisotopic (exact) mass is 247 g/mol. The first-order valence-corrected chi connectivity index (χ1v) is 6.46. The summed E-state index contributed by atoms with van der Waals surface area (Å²) < 4.78 is 15.4. The second-order valence-corrected chi connectivity index (χ2v) is 4.96. The smallest absolute Gasteiger partial charge is 0.180 e. The normalized spacial score (nSPS) is 19.6. The lowest BCUT2D eigenvalue weighted by Gasteiger charge is -2.15. The largest absolute Gasteiger partial charge is 0.375 e. The number of hydrogen-bond donors (Lipinski definition) is 1. The maximum Gasteiger partial charge on any atom is 0.180 e. The van der Waals surface area contributed by atoms with Crippen molar-refractivity contribution in [3.63, 3.8) is 0 Å². The van der Waals surface area contributed by atoms with E-state index in [0.29, 0.717) is 12.6 Å². The zero-order valence-electron chi connectivity index (χ0n) is 12.0. The number of nitrogens with one attached hydrogen (secondary N) is 1. The van der Waals surface area contributed by atoms with Crippen LogP contribution in [0, 0.1) is 5.92 Å². The van der Waals surface area contributed by atoms with Crippen LogP contribution in [0.3, 0.4) is 0 Å². The molecule has 0 aromatic carbocycles. The van der Waals surface area contributed by atoms with Crippen molar-refractivity contribution < 1.29 is 14.2 Å². The van der Waals surface area contributed by atoms with E-state index in [2.05, 4.69) is 26.1 Å². The molecule has 104 valence electrons. The van der Waals surface area contributed by atoms with E-state index in [0.717, 1.165) is 19.1 Å². The van der Waals surface area contributed by atoms with Crippen LogP contribution in [0.4, 0.5) is 0 Å².